The summed E-state index contributed by atoms with van der Waals surface area (Å²) in [4.78, 5) is 4.39. The van der Waals surface area contributed by atoms with Crippen molar-refractivity contribution in [3.8, 4) is 17.2 Å². The van der Waals surface area contributed by atoms with Crippen molar-refractivity contribution in [1.82, 2.24) is 4.98 Å². The van der Waals surface area contributed by atoms with Gasteiger partial charge in [-0.1, -0.05) is 11.6 Å². The predicted octanol–water partition coefficient (Wildman–Crippen LogP) is 3.74. The summed E-state index contributed by atoms with van der Waals surface area (Å²) in [6.07, 6.45) is 0. The maximum atomic E-state index is 5.96. The first kappa shape index (κ1) is 11.9. The van der Waals surface area contributed by atoms with E-state index in [1.807, 2.05) is 24.3 Å². The van der Waals surface area contributed by atoms with Crippen molar-refractivity contribution in [1.29, 1.82) is 0 Å². The second-order valence-corrected chi connectivity index (χ2v) is 4.50. The van der Waals surface area contributed by atoms with Gasteiger partial charge in [0.15, 0.2) is 5.58 Å². The third-order valence-corrected chi connectivity index (χ3v) is 3.17. The molecule has 0 amide bonds. The molecule has 0 bridgehead atoms. The molecule has 0 saturated carbocycles. The van der Waals surface area contributed by atoms with Gasteiger partial charge in [0.05, 0.1) is 17.8 Å². The van der Waals surface area contributed by atoms with E-state index < -0.39 is 0 Å². The van der Waals surface area contributed by atoms with Crippen LogP contribution in [-0.2, 0) is 0 Å². The van der Waals surface area contributed by atoms with Gasteiger partial charge in [-0.25, -0.2) is 4.98 Å². The first-order valence-corrected chi connectivity index (χ1v) is 6.05. The number of hydrogen-bond acceptors (Lipinski definition) is 4. The highest BCUT2D eigenvalue weighted by Gasteiger charge is 2.10. The van der Waals surface area contributed by atoms with E-state index in [4.69, 9.17) is 26.5 Å². The number of aromatic nitrogens is 1. The third-order valence-electron chi connectivity index (χ3n) is 2.84. The molecule has 19 heavy (non-hydrogen) atoms. The number of nitrogens with two attached hydrogens (primary N) is 1. The Morgan fingerprint density at radius 2 is 1.95 bits per heavy atom. The SMILES string of the molecule is COc1ccc(-c2nc3cc(Cl)c(N)cc3o2)cc1. The van der Waals surface area contributed by atoms with Crippen LogP contribution in [0.5, 0.6) is 5.75 Å². The molecule has 0 aliphatic rings. The smallest absolute Gasteiger partial charge is 0.227 e. The van der Waals surface area contributed by atoms with E-state index in [9.17, 15) is 0 Å². The van der Waals surface area contributed by atoms with Gasteiger partial charge in [0.25, 0.3) is 0 Å². The lowest BCUT2D eigenvalue weighted by Crippen LogP contribution is -1.84. The molecule has 0 saturated heterocycles. The van der Waals surface area contributed by atoms with Gasteiger partial charge in [-0.05, 0) is 30.3 Å². The average molecular weight is 275 g/mol. The maximum Gasteiger partial charge on any atom is 0.227 e. The number of rotatable bonds is 2. The summed E-state index contributed by atoms with van der Waals surface area (Å²) >= 11 is 5.96. The van der Waals surface area contributed by atoms with Crippen LogP contribution in [0, 0.1) is 0 Å². The van der Waals surface area contributed by atoms with Crippen LogP contribution in [0.2, 0.25) is 5.02 Å². The molecule has 0 aliphatic carbocycles. The Morgan fingerprint density at radius 3 is 2.63 bits per heavy atom. The topological polar surface area (TPSA) is 61.3 Å². The lowest BCUT2D eigenvalue weighted by Gasteiger charge is -1.99. The lowest BCUT2D eigenvalue weighted by atomic mass is 10.2. The molecule has 96 valence electrons. The van der Waals surface area contributed by atoms with Gasteiger partial charge < -0.3 is 14.9 Å². The first-order valence-electron chi connectivity index (χ1n) is 5.67. The number of hydrogen-bond donors (Lipinski definition) is 1. The molecule has 5 heteroatoms. The Morgan fingerprint density at radius 1 is 1.21 bits per heavy atom. The molecule has 0 fully saturated rings. The number of oxazole rings is 1. The number of halogens is 1. The second-order valence-electron chi connectivity index (χ2n) is 4.09. The molecule has 4 nitrogen and oxygen atoms in total. The second kappa shape index (κ2) is 4.48. The normalized spacial score (nSPS) is 10.8. The van der Waals surface area contributed by atoms with Gasteiger partial charge in [-0.15, -0.1) is 0 Å². The zero-order chi connectivity index (χ0) is 13.4. The molecular weight excluding hydrogens is 264 g/mol. The van der Waals surface area contributed by atoms with Gasteiger partial charge in [0.2, 0.25) is 5.89 Å². The van der Waals surface area contributed by atoms with Crippen LogP contribution in [0.1, 0.15) is 0 Å². The number of fused-ring (bicyclic) bond motifs is 1. The van der Waals surface area contributed by atoms with Gasteiger partial charge in [0, 0.05) is 11.6 Å². The number of nitrogen functional groups attached to an aromatic ring is 1. The minimum absolute atomic E-state index is 0.474. The van der Waals surface area contributed by atoms with Crippen molar-refractivity contribution in [2.75, 3.05) is 12.8 Å². The Hall–Kier alpha value is -2.20. The van der Waals surface area contributed by atoms with E-state index in [0.717, 1.165) is 11.3 Å². The van der Waals surface area contributed by atoms with Crippen LogP contribution in [0.4, 0.5) is 5.69 Å². The number of methoxy groups -OCH3 is 1. The third kappa shape index (κ3) is 2.11. The van der Waals surface area contributed by atoms with E-state index in [1.165, 1.54) is 0 Å². The molecule has 2 N–H and O–H groups in total. The van der Waals surface area contributed by atoms with E-state index in [0.29, 0.717) is 27.7 Å². The molecule has 3 rings (SSSR count). The van der Waals surface area contributed by atoms with Crippen LogP contribution in [-0.4, -0.2) is 12.1 Å². The van der Waals surface area contributed by atoms with E-state index in [-0.39, 0.29) is 0 Å². The van der Waals surface area contributed by atoms with Crippen molar-refractivity contribution in [2.45, 2.75) is 0 Å². The van der Waals surface area contributed by atoms with Gasteiger partial charge in [-0.2, -0.15) is 0 Å². The van der Waals surface area contributed by atoms with Crippen LogP contribution in [0.15, 0.2) is 40.8 Å². The number of anilines is 1. The number of ether oxygens (including phenoxy) is 1. The molecule has 1 aromatic heterocycles. The number of nitrogens with zero attached hydrogens (tertiary/aromatic N) is 1. The highest BCUT2D eigenvalue weighted by atomic mass is 35.5. The highest BCUT2D eigenvalue weighted by molar-refractivity contribution is 6.33. The molecule has 0 spiro atoms. The lowest BCUT2D eigenvalue weighted by molar-refractivity contribution is 0.415. The monoisotopic (exact) mass is 274 g/mol. The van der Waals surface area contributed by atoms with Crippen LogP contribution < -0.4 is 10.5 Å². The molecular formula is C14H11ClN2O2. The fraction of sp³-hybridized carbons (Fsp3) is 0.0714. The van der Waals surface area contributed by atoms with Crippen LogP contribution in [0.25, 0.3) is 22.6 Å². The fourth-order valence-corrected chi connectivity index (χ4v) is 1.98. The predicted molar refractivity (Wildman–Crippen MR) is 75.4 cm³/mol. The summed E-state index contributed by atoms with van der Waals surface area (Å²) in [7, 11) is 1.62. The summed E-state index contributed by atoms with van der Waals surface area (Å²) in [5.41, 5.74) is 8.38. The zero-order valence-electron chi connectivity index (χ0n) is 10.2. The Bertz CT molecular complexity index is 696. The molecule has 0 radical (unpaired) electrons. The minimum atomic E-state index is 0.474. The molecule has 0 unspecified atom stereocenters. The van der Waals surface area contributed by atoms with Crippen molar-refractivity contribution in [3.05, 3.63) is 41.4 Å². The van der Waals surface area contributed by atoms with E-state index in [1.54, 1.807) is 19.2 Å². The summed E-state index contributed by atoms with van der Waals surface area (Å²) in [5, 5.41) is 0.474. The van der Waals surface area contributed by atoms with Crippen LogP contribution in [0.3, 0.4) is 0 Å². The van der Waals surface area contributed by atoms with Gasteiger partial charge in [0.1, 0.15) is 11.3 Å². The molecule has 0 aliphatic heterocycles. The average Bonchev–Trinajstić information content (AvgIpc) is 2.82. The molecule has 3 aromatic rings. The van der Waals surface area contributed by atoms with Crippen molar-refractivity contribution in [2.24, 2.45) is 0 Å². The molecule has 1 heterocycles. The van der Waals surface area contributed by atoms with E-state index >= 15 is 0 Å². The fourth-order valence-electron chi connectivity index (χ4n) is 1.82. The molecule has 2 aromatic carbocycles. The summed E-state index contributed by atoms with van der Waals surface area (Å²) < 4.78 is 10.8. The summed E-state index contributed by atoms with van der Waals surface area (Å²) in [6, 6.07) is 10.8. The quantitative estimate of drug-likeness (QED) is 0.723. The van der Waals surface area contributed by atoms with Gasteiger partial charge in [-0.3, -0.25) is 0 Å². The zero-order valence-corrected chi connectivity index (χ0v) is 10.9. The Labute approximate surface area is 114 Å². The number of benzene rings is 2. The molecule has 0 atom stereocenters. The van der Waals surface area contributed by atoms with Crippen molar-refractivity contribution < 1.29 is 9.15 Å². The van der Waals surface area contributed by atoms with E-state index in [2.05, 4.69) is 4.98 Å². The summed E-state index contributed by atoms with van der Waals surface area (Å²) in [5.74, 6) is 1.31. The largest absolute Gasteiger partial charge is 0.497 e. The first-order chi connectivity index (χ1) is 9.17. The Balaban J connectivity index is 2.09. The minimum Gasteiger partial charge on any atom is -0.497 e. The van der Waals surface area contributed by atoms with Crippen molar-refractivity contribution in [3.63, 3.8) is 0 Å². The Kier molecular flexibility index (Phi) is 2.80. The highest BCUT2D eigenvalue weighted by Crippen LogP contribution is 2.30. The van der Waals surface area contributed by atoms with Crippen molar-refractivity contribution >= 4 is 28.4 Å². The summed E-state index contributed by atoms with van der Waals surface area (Å²) in [6.45, 7) is 0. The van der Waals surface area contributed by atoms with Crippen LogP contribution >= 0.6 is 11.6 Å². The van der Waals surface area contributed by atoms with Gasteiger partial charge >= 0.3 is 0 Å². The maximum absolute atomic E-state index is 5.96. The standard InChI is InChI=1S/C14H11ClN2O2/c1-18-9-4-2-8(3-5-9)14-17-12-6-10(15)11(16)7-13(12)19-14/h2-7H,16H2,1H3.